The van der Waals surface area contributed by atoms with Gasteiger partial charge in [0.05, 0.1) is 0 Å². The molecular weight excluding hydrogens is 275 g/mol. The molecule has 11 heavy (non-hydrogen) atoms. The minimum atomic E-state index is -2.08. The van der Waals surface area contributed by atoms with Crippen molar-refractivity contribution in [1.29, 1.82) is 0 Å². The number of rotatable bonds is 2. The molecule has 0 N–H and O–H groups in total. The normalized spacial score (nSPS) is 13.3. The molecule has 0 heterocycles. The summed E-state index contributed by atoms with van der Waals surface area (Å²) >= 11 is -2.00. The zero-order valence-corrected chi connectivity index (χ0v) is 8.89. The monoisotopic (exact) mass is 282 g/mol. The summed E-state index contributed by atoms with van der Waals surface area (Å²) in [5, 5.41) is 0. The van der Waals surface area contributed by atoms with Gasteiger partial charge in [0.15, 0.2) is 0 Å². The molecule has 4 heteroatoms. The third-order valence-corrected chi connectivity index (χ3v) is 3.85. The van der Waals surface area contributed by atoms with Crippen LogP contribution < -0.4 is 21.2 Å². The summed E-state index contributed by atoms with van der Waals surface area (Å²) in [6.45, 7) is 0. The van der Waals surface area contributed by atoms with E-state index in [0.29, 0.717) is 4.90 Å². The number of benzene rings is 1. The van der Waals surface area contributed by atoms with Crippen LogP contribution in [0.4, 0.5) is 0 Å². The van der Waals surface area contributed by atoms with Crippen LogP contribution >= 0.6 is 0 Å². The summed E-state index contributed by atoms with van der Waals surface area (Å²) < 4.78 is 22.1. The van der Waals surface area contributed by atoms with Crippen molar-refractivity contribution in [3.8, 4) is 0 Å². The fourth-order valence-electron chi connectivity index (χ4n) is 0.672. The molecule has 0 saturated heterocycles. The van der Waals surface area contributed by atoms with Crippen LogP contribution in [-0.2, 0) is 11.1 Å². The van der Waals surface area contributed by atoms with Crippen LogP contribution in [0.25, 0.3) is 0 Å². The van der Waals surface area contributed by atoms with Crippen LogP contribution in [0.2, 0.25) is 0 Å². The Morgan fingerprint density at radius 3 is 2.27 bits per heavy atom. The summed E-state index contributed by atoms with van der Waals surface area (Å²) in [4.78, 5) is 2.51. The Morgan fingerprint density at radius 1 is 1.36 bits per heavy atom. The predicted octanol–water partition coefficient (Wildman–Crippen LogP) is -2.19. The topological polar surface area (TPSA) is 40.1 Å². The van der Waals surface area contributed by atoms with Gasteiger partial charge in [0.2, 0.25) is 0 Å². The molecule has 2 nitrogen and oxygen atoms in total. The molecule has 0 aromatic heterocycles. The number of hydrogen-bond acceptors (Lipinski definition) is 2. The van der Waals surface area contributed by atoms with Gasteiger partial charge in [0.1, 0.15) is 0 Å². The van der Waals surface area contributed by atoms with Gasteiger partial charge in [-0.05, 0) is 0 Å². The quantitative estimate of drug-likeness (QED) is 0.351. The number of alkyl halides is 1. The Morgan fingerprint density at radius 2 is 1.91 bits per heavy atom. The predicted molar refractivity (Wildman–Crippen MR) is 38.2 cm³/mol. The summed E-state index contributed by atoms with van der Waals surface area (Å²) in [5.74, 6) is 0. The zero-order valence-electron chi connectivity index (χ0n) is 5.91. The van der Waals surface area contributed by atoms with Crippen molar-refractivity contribution in [2.24, 2.45) is 0 Å². The Hall–Kier alpha value is 0.0600. The SMILES string of the molecule is C[I-]c1ccc(S(=O)[O-])cc1. The van der Waals surface area contributed by atoms with E-state index in [9.17, 15) is 8.76 Å². The Kier molecular flexibility index (Phi) is 3.47. The van der Waals surface area contributed by atoms with Crippen LogP contribution in [0.5, 0.6) is 0 Å². The van der Waals surface area contributed by atoms with Crippen molar-refractivity contribution < 1.29 is 30.0 Å². The van der Waals surface area contributed by atoms with Gasteiger partial charge in [-0.15, -0.1) is 0 Å². The van der Waals surface area contributed by atoms with Gasteiger partial charge in [0.25, 0.3) is 0 Å². The van der Waals surface area contributed by atoms with Crippen molar-refractivity contribution in [2.75, 3.05) is 4.93 Å². The van der Waals surface area contributed by atoms with E-state index in [-0.39, 0.29) is 21.2 Å². The van der Waals surface area contributed by atoms with Gasteiger partial charge in [0, 0.05) is 0 Å². The molecule has 0 spiro atoms. The maximum absolute atomic E-state index is 10.4. The second-order valence-corrected chi connectivity index (χ2v) is 5.14. The molecule has 0 bridgehead atoms. The van der Waals surface area contributed by atoms with Crippen molar-refractivity contribution >= 4 is 11.1 Å². The average Bonchev–Trinajstić information content (AvgIpc) is 2.05. The van der Waals surface area contributed by atoms with Gasteiger partial charge < -0.3 is 0 Å². The fourth-order valence-corrected chi connectivity index (χ4v) is 2.11. The van der Waals surface area contributed by atoms with Gasteiger partial charge in [-0.2, -0.15) is 0 Å². The molecule has 1 unspecified atom stereocenters. The molecule has 0 aliphatic carbocycles. The summed E-state index contributed by atoms with van der Waals surface area (Å²) in [6.07, 6.45) is 0. The average molecular weight is 282 g/mol. The second-order valence-electron chi connectivity index (χ2n) is 1.88. The molecule has 0 radical (unpaired) electrons. The zero-order chi connectivity index (χ0) is 8.27. The molecule has 62 valence electrons. The molecule has 0 saturated carbocycles. The third kappa shape index (κ3) is 2.53. The maximum atomic E-state index is 10.4. The van der Waals surface area contributed by atoms with E-state index in [4.69, 9.17) is 0 Å². The first kappa shape index (κ1) is 9.15. The van der Waals surface area contributed by atoms with Crippen molar-refractivity contribution in [3.63, 3.8) is 0 Å². The first-order valence-corrected chi connectivity index (χ1v) is 7.24. The van der Waals surface area contributed by atoms with E-state index < -0.39 is 11.1 Å². The molecule has 0 fully saturated rings. The molecule has 1 atom stereocenters. The molecule has 0 amide bonds. The van der Waals surface area contributed by atoms with E-state index >= 15 is 0 Å². The number of hydrogen-bond donors (Lipinski definition) is 0. The van der Waals surface area contributed by atoms with E-state index in [0.717, 1.165) is 0 Å². The Balaban J connectivity index is 2.91. The Labute approximate surface area is 78.6 Å². The van der Waals surface area contributed by atoms with Gasteiger partial charge in [-0.3, -0.25) is 0 Å². The molecule has 0 aliphatic rings. The van der Waals surface area contributed by atoms with Crippen molar-refractivity contribution in [1.82, 2.24) is 0 Å². The van der Waals surface area contributed by atoms with Crippen LogP contribution in [0.3, 0.4) is 0 Å². The molecule has 1 aromatic rings. The second kappa shape index (κ2) is 4.18. The first-order chi connectivity index (χ1) is 5.24. The molecule has 0 aliphatic heterocycles. The molecular formula is C7H7IO2S-2. The number of halogens is 1. The van der Waals surface area contributed by atoms with Crippen molar-refractivity contribution in [2.45, 2.75) is 4.90 Å². The molecule has 1 aromatic carbocycles. The van der Waals surface area contributed by atoms with Gasteiger partial charge >= 0.3 is 78.7 Å². The summed E-state index contributed by atoms with van der Waals surface area (Å²) in [7, 11) is 0. The van der Waals surface area contributed by atoms with Crippen LogP contribution in [-0.4, -0.2) is 13.7 Å². The van der Waals surface area contributed by atoms with Gasteiger partial charge in [-0.1, -0.05) is 0 Å². The van der Waals surface area contributed by atoms with Crippen LogP contribution in [0, 0.1) is 3.57 Å². The van der Waals surface area contributed by atoms with Crippen LogP contribution in [0.1, 0.15) is 0 Å². The standard InChI is InChI=1S/C7H8IO2S/c1-8-6-2-4-7(5-3-6)11(9)10/h2-5H,1H3,(H,9,10)/q-1/p-1. The van der Waals surface area contributed by atoms with Crippen molar-refractivity contribution in [3.05, 3.63) is 27.8 Å². The summed E-state index contributed by atoms with van der Waals surface area (Å²) in [5.41, 5.74) is 0. The van der Waals surface area contributed by atoms with Gasteiger partial charge in [-0.25, -0.2) is 0 Å². The molecule has 1 rings (SSSR count). The third-order valence-electron chi connectivity index (χ3n) is 1.22. The van der Waals surface area contributed by atoms with E-state index in [1.807, 2.05) is 12.1 Å². The van der Waals surface area contributed by atoms with E-state index in [1.165, 1.54) is 3.57 Å². The fraction of sp³-hybridized carbons (Fsp3) is 0.143. The minimum absolute atomic E-state index is 0.0757. The van der Waals surface area contributed by atoms with E-state index in [2.05, 4.69) is 4.93 Å². The first-order valence-electron chi connectivity index (χ1n) is 2.93. The Bertz CT molecular complexity index is 258. The van der Waals surface area contributed by atoms with E-state index in [1.54, 1.807) is 12.1 Å². The summed E-state index contributed by atoms with van der Waals surface area (Å²) in [6, 6.07) is 7.03. The van der Waals surface area contributed by atoms with Crippen LogP contribution in [0.15, 0.2) is 29.2 Å².